The molecule has 23 heavy (non-hydrogen) atoms. The number of hydrogen-bond acceptors (Lipinski definition) is 2. The monoisotopic (exact) mass is 332 g/mol. The quantitative estimate of drug-likeness (QED) is 0.789. The van der Waals surface area contributed by atoms with Crippen LogP contribution in [-0.2, 0) is 0 Å². The molecule has 2 aromatic rings. The minimum atomic E-state index is -0.271. The van der Waals surface area contributed by atoms with E-state index in [1.165, 1.54) is 12.1 Å². The second kappa shape index (κ2) is 7.92. The molecule has 0 aliphatic carbocycles. The van der Waals surface area contributed by atoms with E-state index in [2.05, 4.69) is 24.5 Å². The van der Waals surface area contributed by atoms with Crippen LogP contribution >= 0.6 is 12.2 Å². The van der Waals surface area contributed by atoms with Gasteiger partial charge in [-0.2, -0.15) is 0 Å². The molecule has 2 N–H and O–H groups in total. The first-order valence-corrected chi connectivity index (χ1v) is 7.87. The van der Waals surface area contributed by atoms with Gasteiger partial charge in [-0.15, -0.1) is 0 Å². The molecule has 0 fully saturated rings. The molecule has 0 aliphatic rings. The summed E-state index contributed by atoms with van der Waals surface area (Å²) in [6.07, 6.45) is 0. The molecule has 0 spiro atoms. The Hall–Kier alpha value is -2.14. The van der Waals surface area contributed by atoms with Crippen molar-refractivity contribution in [3.8, 4) is 5.75 Å². The van der Waals surface area contributed by atoms with Gasteiger partial charge in [-0.3, -0.25) is 0 Å². The van der Waals surface area contributed by atoms with Crippen molar-refractivity contribution in [3.63, 3.8) is 0 Å². The number of hydrogen-bond donors (Lipinski definition) is 2. The second-order valence-corrected chi connectivity index (χ2v) is 6.01. The van der Waals surface area contributed by atoms with Crippen LogP contribution in [0, 0.1) is 11.7 Å². The predicted molar refractivity (Wildman–Crippen MR) is 96.3 cm³/mol. The normalized spacial score (nSPS) is 11.9. The predicted octanol–water partition coefficient (Wildman–Crippen LogP) is 4.52. The molecule has 0 unspecified atom stereocenters. The zero-order valence-corrected chi connectivity index (χ0v) is 14.3. The van der Waals surface area contributed by atoms with Crippen molar-refractivity contribution in [3.05, 3.63) is 59.9 Å². The Morgan fingerprint density at radius 3 is 2.17 bits per heavy atom. The van der Waals surface area contributed by atoms with Gasteiger partial charge >= 0.3 is 0 Å². The molecule has 5 heteroatoms. The number of thiocarbonyl (C=S) groups is 1. The van der Waals surface area contributed by atoms with E-state index in [9.17, 15) is 4.39 Å². The first-order valence-electron chi connectivity index (χ1n) is 7.46. The van der Waals surface area contributed by atoms with Gasteiger partial charge in [-0.05, 0) is 60.1 Å². The maximum absolute atomic E-state index is 12.9. The van der Waals surface area contributed by atoms with E-state index in [1.807, 2.05) is 24.3 Å². The Morgan fingerprint density at radius 1 is 1.04 bits per heavy atom. The Balaban J connectivity index is 2.06. The smallest absolute Gasteiger partial charge is 0.171 e. The van der Waals surface area contributed by atoms with E-state index in [4.69, 9.17) is 17.0 Å². The number of benzene rings is 2. The van der Waals surface area contributed by atoms with Gasteiger partial charge in [0.05, 0.1) is 13.2 Å². The molecule has 0 saturated carbocycles. The van der Waals surface area contributed by atoms with Gasteiger partial charge < -0.3 is 15.4 Å². The average Bonchev–Trinajstić information content (AvgIpc) is 2.55. The van der Waals surface area contributed by atoms with Crippen LogP contribution in [-0.4, -0.2) is 12.2 Å². The number of rotatable bonds is 5. The standard InChI is InChI=1S/C18H21FN2OS/c1-12(2)17(13-4-10-16(22-3)11-5-13)21-18(23)20-15-8-6-14(19)7-9-15/h4-12,17H,1-3H3,(H2,20,21,23)/t17-/m0/s1. The summed E-state index contributed by atoms with van der Waals surface area (Å²) in [5, 5.41) is 6.90. The van der Waals surface area contributed by atoms with E-state index >= 15 is 0 Å². The zero-order valence-electron chi connectivity index (χ0n) is 13.5. The van der Waals surface area contributed by atoms with Gasteiger partial charge in [0, 0.05) is 5.69 Å². The van der Waals surface area contributed by atoms with E-state index in [1.54, 1.807) is 19.2 Å². The lowest BCUT2D eigenvalue weighted by Crippen LogP contribution is -2.34. The van der Waals surface area contributed by atoms with Gasteiger partial charge in [-0.1, -0.05) is 26.0 Å². The summed E-state index contributed by atoms with van der Waals surface area (Å²) in [6.45, 7) is 4.25. The van der Waals surface area contributed by atoms with Crippen molar-refractivity contribution in [2.24, 2.45) is 5.92 Å². The molecule has 0 aliphatic heterocycles. The summed E-state index contributed by atoms with van der Waals surface area (Å²) < 4.78 is 18.1. The highest BCUT2D eigenvalue weighted by Crippen LogP contribution is 2.24. The molecule has 0 aromatic heterocycles. The van der Waals surface area contributed by atoms with Crippen molar-refractivity contribution in [1.82, 2.24) is 5.32 Å². The highest BCUT2D eigenvalue weighted by molar-refractivity contribution is 7.80. The average molecular weight is 332 g/mol. The van der Waals surface area contributed by atoms with Crippen molar-refractivity contribution >= 4 is 23.0 Å². The number of nitrogens with one attached hydrogen (secondary N) is 2. The maximum atomic E-state index is 12.9. The molecule has 0 saturated heterocycles. The third-order valence-corrected chi connectivity index (χ3v) is 3.75. The minimum absolute atomic E-state index is 0.0707. The van der Waals surface area contributed by atoms with Crippen molar-refractivity contribution in [1.29, 1.82) is 0 Å². The molecule has 0 amide bonds. The van der Waals surface area contributed by atoms with Gasteiger partial charge in [0.25, 0.3) is 0 Å². The van der Waals surface area contributed by atoms with Crippen LogP contribution in [0.15, 0.2) is 48.5 Å². The first-order chi connectivity index (χ1) is 11.0. The molecule has 2 aromatic carbocycles. The topological polar surface area (TPSA) is 33.3 Å². The Bertz CT molecular complexity index is 641. The fraction of sp³-hybridized carbons (Fsp3) is 0.278. The van der Waals surface area contributed by atoms with Crippen LogP contribution in [0.1, 0.15) is 25.5 Å². The molecule has 122 valence electrons. The van der Waals surface area contributed by atoms with Crippen LogP contribution in [0.5, 0.6) is 5.75 Å². The third-order valence-electron chi connectivity index (χ3n) is 3.53. The summed E-state index contributed by atoms with van der Waals surface area (Å²) in [4.78, 5) is 0. The summed E-state index contributed by atoms with van der Waals surface area (Å²) in [5.41, 5.74) is 1.88. The number of halogens is 1. The summed E-state index contributed by atoms with van der Waals surface area (Å²) >= 11 is 5.37. The SMILES string of the molecule is COc1ccc([C@@H](NC(=S)Nc2ccc(F)cc2)C(C)C)cc1. The van der Waals surface area contributed by atoms with Crippen molar-refractivity contribution in [2.45, 2.75) is 19.9 Å². The van der Waals surface area contributed by atoms with Crippen molar-refractivity contribution < 1.29 is 9.13 Å². The van der Waals surface area contributed by atoms with Gasteiger partial charge in [0.2, 0.25) is 0 Å². The maximum Gasteiger partial charge on any atom is 0.171 e. The number of methoxy groups -OCH3 is 1. The molecule has 3 nitrogen and oxygen atoms in total. The second-order valence-electron chi connectivity index (χ2n) is 5.60. The van der Waals surface area contributed by atoms with Gasteiger partial charge in [0.15, 0.2) is 5.11 Å². The fourth-order valence-corrected chi connectivity index (χ4v) is 2.53. The van der Waals surface area contributed by atoms with E-state index < -0.39 is 0 Å². The van der Waals surface area contributed by atoms with E-state index in [-0.39, 0.29) is 11.9 Å². The molecule has 0 heterocycles. The molecule has 0 radical (unpaired) electrons. The summed E-state index contributed by atoms with van der Waals surface area (Å²) in [7, 11) is 1.65. The molecule has 2 rings (SSSR count). The van der Waals surface area contributed by atoms with Crippen LogP contribution in [0.25, 0.3) is 0 Å². The molecular formula is C18H21FN2OS. The summed E-state index contributed by atoms with van der Waals surface area (Å²) in [6, 6.07) is 14.1. The third kappa shape index (κ3) is 4.93. The van der Waals surface area contributed by atoms with Gasteiger partial charge in [0.1, 0.15) is 11.6 Å². The van der Waals surface area contributed by atoms with Crippen LogP contribution in [0.2, 0.25) is 0 Å². The zero-order chi connectivity index (χ0) is 16.8. The lowest BCUT2D eigenvalue weighted by atomic mass is 9.96. The highest BCUT2D eigenvalue weighted by Gasteiger charge is 2.17. The van der Waals surface area contributed by atoms with E-state index in [0.717, 1.165) is 17.0 Å². The lowest BCUT2D eigenvalue weighted by molar-refractivity contribution is 0.413. The van der Waals surface area contributed by atoms with Crippen LogP contribution < -0.4 is 15.4 Å². The minimum Gasteiger partial charge on any atom is -0.497 e. The largest absolute Gasteiger partial charge is 0.497 e. The van der Waals surface area contributed by atoms with Gasteiger partial charge in [-0.25, -0.2) is 4.39 Å². The van der Waals surface area contributed by atoms with E-state index in [0.29, 0.717) is 11.0 Å². The Kier molecular flexibility index (Phi) is 5.93. The van der Waals surface area contributed by atoms with Crippen LogP contribution in [0.3, 0.4) is 0 Å². The molecule has 0 bridgehead atoms. The summed E-state index contributed by atoms with van der Waals surface area (Å²) in [5.74, 6) is 0.896. The Morgan fingerprint density at radius 2 is 1.65 bits per heavy atom. The fourth-order valence-electron chi connectivity index (χ4n) is 2.29. The van der Waals surface area contributed by atoms with Crippen LogP contribution in [0.4, 0.5) is 10.1 Å². The van der Waals surface area contributed by atoms with Crippen molar-refractivity contribution in [2.75, 3.05) is 12.4 Å². The first kappa shape index (κ1) is 17.2. The lowest BCUT2D eigenvalue weighted by Gasteiger charge is -2.25. The Labute approximate surface area is 141 Å². The number of anilines is 1. The highest BCUT2D eigenvalue weighted by atomic mass is 32.1. The number of ether oxygens (including phenoxy) is 1. The molecule has 1 atom stereocenters. The molecular weight excluding hydrogens is 311 g/mol.